The van der Waals surface area contributed by atoms with E-state index < -0.39 is 0 Å². The Labute approximate surface area is 116 Å². The van der Waals surface area contributed by atoms with Gasteiger partial charge in [-0.1, -0.05) is 6.07 Å². The van der Waals surface area contributed by atoms with Gasteiger partial charge in [0, 0.05) is 5.69 Å². The molecule has 1 heterocycles. The fourth-order valence-electron chi connectivity index (χ4n) is 1.92. The van der Waals surface area contributed by atoms with Crippen molar-refractivity contribution < 1.29 is 14.2 Å². The Hall–Kier alpha value is -2.87. The molecule has 3 rings (SSSR count). The van der Waals surface area contributed by atoms with Crippen LogP contribution in [0.4, 0.5) is 5.69 Å². The van der Waals surface area contributed by atoms with Crippen LogP contribution in [-0.4, -0.2) is 6.79 Å². The van der Waals surface area contributed by atoms with E-state index in [4.69, 9.17) is 25.2 Å². The summed E-state index contributed by atoms with van der Waals surface area (Å²) in [6.45, 7) is 0.633. The summed E-state index contributed by atoms with van der Waals surface area (Å²) < 4.78 is 16.2. The van der Waals surface area contributed by atoms with E-state index in [0.29, 0.717) is 23.6 Å². The molecule has 0 saturated heterocycles. The first-order valence-electron chi connectivity index (χ1n) is 6.07. The van der Waals surface area contributed by atoms with E-state index in [1.54, 1.807) is 18.2 Å². The van der Waals surface area contributed by atoms with Crippen molar-refractivity contribution in [3.8, 4) is 23.3 Å². The van der Waals surface area contributed by atoms with Crippen LogP contribution < -0.4 is 19.9 Å². The monoisotopic (exact) mass is 268 g/mol. The largest absolute Gasteiger partial charge is 0.489 e. The van der Waals surface area contributed by atoms with Crippen LogP contribution in [0.5, 0.6) is 17.2 Å². The van der Waals surface area contributed by atoms with Gasteiger partial charge in [-0.3, -0.25) is 0 Å². The average molecular weight is 268 g/mol. The Kier molecular flexibility index (Phi) is 3.05. The lowest BCUT2D eigenvalue weighted by Crippen LogP contribution is -1.97. The maximum atomic E-state index is 8.92. The lowest BCUT2D eigenvalue weighted by Gasteiger charge is -2.08. The third-order valence-electron chi connectivity index (χ3n) is 2.99. The van der Waals surface area contributed by atoms with Crippen molar-refractivity contribution in [3.63, 3.8) is 0 Å². The van der Waals surface area contributed by atoms with E-state index in [-0.39, 0.29) is 6.79 Å². The van der Waals surface area contributed by atoms with Gasteiger partial charge in [0.1, 0.15) is 18.4 Å². The molecule has 0 unspecified atom stereocenters. The smallest absolute Gasteiger partial charge is 0.231 e. The molecule has 0 aromatic heterocycles. The maximum absolute atomic E-state index is 8.92. The number of nitrogens with zero attached hydrogens (tertiary/aromatic N) is 1. The number of nitrogens with two attached hydrogens (primary N) is 1. The molecule has 0 aliphatic carbocycles. The van der Waals surface area contributed by atoms with Crippen LogP contribution in [0.2, 0.25) is 0 Å². The topological polar surface area (TPSA) is 77.5 Å². The first-order chi connectivity index (χ1) is 9.76. The predicted molar refractivity (Wildman–Crippen MR) is 72.5 cm³/mol. The van der Waals surface area contributed by atoms with Crippen molar-refractivity contribution in [1.82, 2.24) is 0 Å². The molecule has 0 bridgehead atoms. The molecule has 0 amide bonds. The van der Waals surface area contributed by atoms with Crippen molar-refractivity contribution in [2.24, 2.45) is 0 Å². The minimum Gasteiger partial charge on any atom is -0.489 e. The van der Waals surface area contributed by atoms with Gasteiger partial charge in [0.2, 0.25) is 6.79 Å². The Bertz CT molecular complexity index is 692. The van der Waals surface area contributed by atoms with Crippen LogP contribution in [0.15, 0.2) is 36.4 Å². The summed E-state index contributed by atoms with van der Waals surface area (Å²) in [6, 6.07) is 12.7. The van der Waals surface area contributed by atoms with Crippen LogP contribution in [0.3, 0.4) is 0 Å². The highest BCUT2D eigenvalue weighted by Crippen LogP contribution is 2.32. The molecule has 0 fully saturated rings. The number of ether oxygens (including phenoxy) is 3. The number of hydrogen-bond acceptors (Lipinski definition) is 5. The standard InChI is InChI=1S/C15H12N2O3/c16-7-11-6-12(2-3-13(11)17)18-8-10-1-4-14-15(5-10)20-9-19-14/h1-6H,8-9,17H2. The molecule has 2 aromatic rings. The molecule has 0 atom stereocenters. The first-order valence-corrected chi connectivity index (χ1v) is 6.07. The second-order valence-electron chi connectivity index (χ2n) is 4.34. The van der Waals surface area contributed by atoms with Crippen molar-refractivity contribution >= 4 is 5.69 Å². The van der Waals surface area contributed by atoms with Crippen molar-refractivity contribution in [2.45, 2.75) is 6.61 Å². The van der Waals surface area contributed by atoms with Gasteiger partial charge in [0.05, 0.1) is 5.56 Å². The third kappa shape index (κ3) is 2.31. The molecule has 1 aliphatic heterocycles. The van der Waals surface area contributed by atoms with E-state index in [9.17, 15) is 0 Å². The highest BCUT2D eigenvalue weighted by atomic mass is 16.7. The van der Waals surface area contributed by atoms with E-state index in [1.807, 2.05) is 24.3 Å². The summed E-state index contributed by atoms with van der Waals surface area (Å²) in [6.07, 6.45) is 0. The van der Waals surface area contributed by atoms with Crippen LogP contribution >= 0.6 is 0 Å². The third-order valence-corrected chi connectivity index (χ3v) is 2.99. The van der Waals surface area contributed by atoms with E-state index in [2.05, 4.69) is 0 Å². The molecule has 2 aromatic carbocycles. The highest BCUT2D eigenvalue weighted by Gasteiger charge is 2.13. The minimum absolute atomic E-state index is 0.253. The van der Waals surface area contributed by atoms with Crippen LogP contribution in [-0.2, 0) is 6.61 Å². The molecule has 1 aliphatic rings. The highest BCUT2D eigenvalue weighted by molar-refractivity contribution is 5.56. The van der Waals surface area contributed by atoms with Crippen molar-refractivity contribution in [3.05, 3.63) is 47.5 Å². The lowest BCUT2D eigenvalue weighted by atomic mass is 10.2. The Balaban J connectivity index is 1.72. The van der Waals surface area contributed by atoms with Gasteiger partial charge < -0.3 is 19.9 Å². The summed E-state index contributed by atoms with van der Waals surface area (Å²) >= 11 is 0. The Morgan fingerprint density at radius 2 is 2.00 bits per heavy atom. The quantitative estimate of drug-likeness (QED) is 0.865. The molecule has 0 saturated carbocycles. The molecule has 0 spiro atoms. The number of hydrogen-bond donors (Lipinski definition) is 1. The predicted octanol–water partition coefficient (Wildman–Crippen LogP) is 2.45. The lowest BCUT2D eigenvalue weighted by molar-refractivity contribution is 0.174. The fraction of sp³-hybridized carbons (Fsp3) is 0.133. The zero-order valence-corrected chi connectivity index (χ0v) is 10.6. The van der Waals surface area contributed by atoms with Crippen molar-refractivity contribution in [1.29, 1.82) is 5.26 Å². The number of benzene rings is 2. The Morgan fingerprint density at radius 3 is 2.85 bits per heavy atom. The van der Waals surface area contributed by atoms with Gasteiger partial charge in [-0.15, -0.1) is 0 Å². The van der Waals surface area contributed by atoms with E-state index in [1.165, 1.54) is 0 Å². The molecular weight excluding hydrogens is 256 g/mol. The second kappa shape index (κ2) is 5.02. The number of fused-ring (bicyclic) bond motifs is 1. The summed E-state index contributed by atoms with van der Waals surface area (Å²) in [5.41, 5.74) is 7.48. The zero-order chi connectivity index (χ0) is 13.9. The minimum atomic E-state index is 0.253. The van der Waals surface area contributed by atoms with E-state index in [0.717, 1.165) is 17.1 Å². The van der Waals surface area contributed by atoms with Gasteiger partial charge in [0.15, 0.2) is 11.5 Å². The normalized spacial score (nSPS) is 11.9. The van der Waals surface area contributed by atoms with Gasteiger partial charge in [-0.05, 0) is 35.9 Å². The number of nitrogen functional groups attached to an aromatic ring is 1. The number of anilines is 1. The number of nitriles is 1. The molecule has 20 heavy (non-hydrogen) atoms. The molecule has 100 valence electrons. The average Bonchev–Trinajstić information content (AvgIpc) is 2.94. The van der Waals surface area contributed by atoms with Crippen LogP contribution in [0.1, 0.15) is 11.1 Å². The molecule has 0 radical (unpaired) electrons. The van der Waals surface area contributed by atoms with Crippen LogP contribution in [0, 0.1) is 11.3 Å². The van der Waals surface area contributed by atoms with Gasteiger partial charge >= 0.3 is 0 Å². The fourth-order valence-corrected chi connectivity index (χ4v) is 1.92. The summed E-state index contributed by atoms with van der Waals surface area (Å²) in [5.74, 6) is 2.07. The SMILES string of the molecule is N#Cc1cc(OCc2ccc3c(c2)OCO3)ccc1N. The maximum Gasteiger partial charge on any atom is 0.231 e. The second-order valence-corrected chi connectivity index (χ2v) is 4.34. The van der Waals surface area contributed by atoms with Gasteiger partial charge in [-0.25, -0.2) is 0 Å². The zero-order valence-electron chi connectivity index (χ0n) is 10.6. The molecule has 5 heteroatoms. The van der Waals surface area contributed by atoms with E-state index >= 15 is 0 Å². The molecule has 5 nitrogen and oxygen atoms in total. The molecular formula is C15H12N2O3. The summed E-state index contributed by atoms with van der Waals surface area (Å²) in [7, 11) is 0. The summed E-state index contributed by atoms with van der Waals surface area (Å²) in [4.78, 5) is 0. The molecule has 2 N–H and O–H groups in total. The first kappa shape index (κ1) is 12.2. The Morgan fingerprint density at radius 1 is 1.15 bits per heavy atom. The summed E-state index contributed by atoms with van der Waals surface area (Å²) in [5, 5.41) is 8.92. The van der Waals surface area contributed by atoms with Gasteiger partial charge in [0.25, 0.3) is 0 Å². The van der Waals surface area contributed by atoms with Gasteiger partial charge in [-0.2, -0.15) is 5.26 Å². The number of rotatable bonds is 3. The van der Waals surface area contributed by atoms with Crippen molar-refractivity contribution in [2.75, 3.05) is 12.5 Å². The van der Waals surface area contributed by atoms with Crippen LogP contribution in [0.25, 0.3) is 0 Å².